The van der Waals surface area contributed by atoms with Gasteiger partial charge in [0.25, 0.3) is 0 Å². The van der Waals surface area contributed by atoms with E-state index in [0.717, 1.165) is 42.9 Å². The number of anilines is 1. The topological polar surface area (TPSA) is 24.4 Å². The van der Waals surface area contributed by atoms with Crippen molar-refractivity contribution in [3.63, 3.8) is 0 Å². The summed E-state index contributed by atoms with van der Waals surface area (Å²) >= 11 is 3.17. The van der Waals surface area contributed by atoms with Gasteiger partial charge in [-0.05, 0) is 53.4 Å². The highest BCUT2D eigenvalue weighted by atomic mass is 79.9. The molecule has 1 aliphatic heterocycles. The highest BCUT2D eigenvalue weighted by Gasteiger charge is 2.09. The van der Waals surface area contributed by atoms with Crippen LogP contribution in [0.3, 0.4) is 0 Å². The molecule has 0 amide bonds. The van der Waals surface area contributed by atoms with Gasteiger partial charge in [-0.3, -0.25) is 4.99 Å². The minimum Gasteiger partial charge on any atom is -0.344 e. The quantitative estimate of drug-likeness (QED) is 0.831. The molecule has 0 fully saturated rings. The summed E-state index contributed by atoms with van der Waals surface area (Å²) in [6, 6.07) is 3.29. The first-order valence-electron chi connectivity index (χ1n) is 5.43. The zero-order valence-electron chi connectivity index (χ0n) is 9.19. The van der Waals surface area contributed by atoms with E-state index >= 15 is 0 Å². The van der Waals surface area contributed by atoms with Crippen LogP contribution < -0.4 is 5.32 Å². The number of rotatable bonds is 1. The lowest BCUT2D eigenvalue weighted by atomic mass is 10.1. The number of hydrogen-bond donors (Lipinski definition) is 1. The molecule has 0 saturated carbocycles. The number of amidine groups is 1. The van der Waals surface area contributed by atoms with E-state index in [2.05, 4.69) is 26.2 Å². The zero-order valence-corrected chi connectivity index (χ0v) is 10.8. The minimum absolute atomic E-state index is 0.246. The number of nitrogens with zero attached hydrogens (tertiary/aromatic N) is 1. The third-order valence-electron chi connectivity index (χ3n) is 2.67. The minimum atomic E-state index is -0.246. The molecular formula is C12H14BrFN2. The molecule has 0 aromatic heterocycles. The van der Waals surface area contributed by atoms with Gasteiger partial charge in [-0.2, -0.15) is 0 Å². The van der Waals surface area contributed by atoms with E-state index < -0.39 is 0 Å². The van der Waals surface area contributed by atoms with Crippen LogP contribution in [0.25, 0.3) is 0 Å². The van der Waals surface area contributed by atoms with Gasteiger partial charge in [-0.1, -0.05) is 0 Å². The van der Waals surface area contributed by atoms with Crippen molar-refractivity contribution in [1.82, 2.24) is 0 Å². The maximum Gasteiger partial charge on any atom is 0.139 e. The highest BCUT2D eigenvalue weighted by molar-refractivity contribution is 9.10. The predicted molar refractivity (Wildman–Crippen MR) is 68.6 cm³/mol. The van der Waals surface area contributed by atoms with E-state index in [9.17, 15) is 4.39 Å². The summed E-state index contributed by atoms with van der Waals surface area (Å²) in [6.07, 6.45) is 3.26. The summed E-state index contributed by atoms with van der Waals surface area (Å²) in [7, 11) is 0. The summed E-state index contributed by atoms with van der Waals surface area (Å²) < 4.78 is 13.9. The summed E-state index contributed by atoms with van der Waals surface area (Å²) in [6.45, 7) is 2.83. The molecular weight excluding hydrogens is 271 g/mol. The third-order valence-corrected chi connectivity index (χ3v) is 3.28. The second-order valence-corrected chi connectivity index (χ2v) is 4.85. The first kappa shape index (κ1) is 11.6. The van der Waals surface area contributed by atoms with Crippen LogP contribution in [0.4, 0.5) is 10.1 Å². The van der Waals surface area contributed by atoms with Crippen molar-refractivity contribution in [1.29, 1.82) is 0 Å². The molecule has 0 aliphatic carbocycles. The molecule has 0 saturated heterocycles. The SMILES string of the molecule is Cc1cc(Br)c(F)cc1NC1=NCCCC1. The Balaban J connectivity index is 2.20. The summed E-state index contributed by atoms with van der Waals surface area (Å²) in [5.41, 5.74) is 1.82. The van der Waals surface area contributed by atoms with Crippen molar-refractivity contribution in [2.75, 3.05) is 11.9 Å². The Hall–Kier alpha value is -0.900. The van der Waals surface area contributed by atoms with Crippen molar-refractivity contribution in [3.8, 4) is 0 Å². The lowest BCUT2D eigenvalue weighted by Crippen LogP contribution is -2.16. The molecule has 4 heteroatoms. The second kappa shape index (κ2) is 4.95. The zero-order chi connectivity index (χ0) is 11.5. The number of aryl methyl sites for hydroxylation is 1. The molecule has 1 N–H and O–H groups in total. The largest absolute Gasteiger partial charge is 0.344 e. The van der Waals surface area contributed by atoms with Crippen molar-refractivity contribution >= 4 is 27.5 Å². The van der Waals surface area contributed by atoms with Crippen molar-refractivity contribution < 1.29 is 4.39 Å². The van der Waals surface area contributed by atoms with Gasteiger partial charge in [0.1, 0.15) is 11.7 Å². The third kappa shape index (κ3) is 2.61. The molecule has 1 aliphatic rings. The van der Waals surface area contributed by atoms with Crippen LogP contribution in [0.2, 0.25) is 0 Å². The highest BCUT2D eigenvalue weighted by Crippen LogP contribution is 2.24. The Bertz CT molecular complexity index is 429. The molecule has 1 aromatic carbocycles. The van der Waals surface area contributed by atoms with Gasteiger partial charge in [0, 0.05) is 18.7 Å². The van der Waals surface area contributed by atoms with Gasteiger partial charge in [-0.15, -0.1) is 0 Å². The van der Waals surface area contributed by atoms with Crippen LogP contribution in [0, 0.1) is 12.7 Å². The molecule has 86 valence electrons. The molecule has 2 rings (SSSR count). The summed E-state index contributed by atoms with van der Waals surface area (Å²) in [5, 5.41) is 3.21. The van der Waals surface area contributed by atoms with Crippen molar-refractivity contribution in [3.05, 3.63) is 28.0 Å². The fourth-order valence-electron chi connectivity index (χ4n) is 1.74. The van der Waals surface area contributed by atoms with E-state index in [4.69, 9.17) is 0 Å². The Morgan fingerprint density at radius 2 is 2.19 bits per heavy atom. The van der Waals surface area contributed by atoms with Gasteiger partial charge >= 0.3 is 0 Å². The maximum atomic E-state index is 13.4. The molecule has 2 nitrogen and oxygen atoms in total. The van der Waals surface area contributed by atoms with Crippen LogP contribution in [0.15, 0.2) is 21.6 Å². The fourth-order valence-corrected chi connectivity index (χ4v) is 2.19. The number of nitrogens with one attached hydrogen (secondary N) is 1. The molecule has 0 atom stereocenters. The van der Waals surface area contributed by atoms with Crippen LogP contribution in [-0.4, -0.2) is 12.4 Å². The molecule has 0 spiro atoms. The molecule has 1 aromatic rings. The normalized spacial score (nSPS) is 15.8. The number of aliphatic imine (C=N–C) groups is 1. The van der Waals surface area contributed by atoms with Crippen molar-refractivity contribution in [2.45, 2.75) is 26.2 Å². The summed E-state index contributed by atoms with van der Waals surface area (Å²) in [5.74, 6) is 0.723. The first-order valence-corrected chi connectivity index (χ1v) is 6.22. The molecule has 0 bridgehead atoms. The Morgan fingerprint density at radius 1 is 1.38 bits per heavy atom. The molecule has 0 unspecified atom stereocenters. The predicted octanol–water partition coefficient (Wildman–Crippen LogP) is 3.89. The average Bonchev–Trinajstić information content (AvgIpc) is 2.27. The molecule has 0 radical (unpaired) electrons. The van der Waals surface area contributed by atoms with Crippen molar-refractivity contribution in [2.24, 2.45) is 4.99 Å². The van der Waals surface area contributed by atoms with Gasteiger partial charge in [0.2, 0.25) is 0 Å². The van der Waals surface area contributed by atoms with E-state index in [1.165, 1.54) is 6.07 Å². The fraction of sp³-hybridized carbons (Fsp3) is 0.417. The monoisotopic (exact) mass is 284 g/mol. The van der Waals surface area contributed by atoms with Crippen LogP contribution in [0.1, 0.15) is 24.8 Å². The van der Waals surface area contributed by atoms with Gasteiger partial charge in [-0.25, -0.2) is 4.39 Å². The van der Waals surface area contributed by atoms with E-state index in [1.54, 1.807) is 6.07 Å². The van der Waals surface area contributed by atoms with E-state index in [0.29, 0.717) is 4.47 Å². The number of hydrogen-bond acceptors (Lipinski definition) is 2. The lowest BCUT2D eigenvalue weighted by Gasteiger charge is -2.15. The van der Waals surface area contributed by atoms with Gasteiger partial charge < -0.3 is 5.32 Å². The average molecular weight is 285 g/mol. The number of halogens is 2. The second-order valence-electron chi connectivity index (χ2n) is 3.99. The number of benzene rings is 1. The molecule has 16 heavy (non-hydrogen) atoms. The summed E-state index contributed by atoms with van der Waals surface area (Å²) in [4.78, 5) is 4.39. The van der Waals surface area contributed by atoms with Crippen LogP contribution in [-0.2, 0) is 0 Å². The smallest absolute Gasteiger partial charge is 0.139 e. The van der Waals surface area contributed by atoms with E-state index in [1.807, 2.05) is 6.92 Å². The van der Waals surface area contributed by atoms with Crippen LogP contribution >= 0.6 is 15.9 Å². The van der Waals surface area contributed by atoms with Crippen LogP contribution in [0.5, 0.6) is 0 Å². The van der Waals surface area contributed by atoms with Gasteiger partial charge in [0.05, 0.1) is 4.47 Å². The standard InChI is InChI=1S/C12H14BrFN2/c1-8-6-9(13)10(14)7-11(8)16-12-4-2-3-5-15-12/h6-7H,2-5H2,1H3,(H,15,16). The van der Waals surface area contributed by atoms with E-state index in [-0.39, 0.29) is 5.82 Å². The molecule has 1 heterocycles. The van der Waals surface area contributed by atoms with Gasteiger partial charge in [0.15, 0.2) is 0 Å². The first-order chi connectivity index (χ1) is 7.66. The Kier molecular flexibility index (Phi) is 3.59. The lowest BCUT2D eigenvalue weighted by molar-refractivity contribution is 0.621. The Labute approximate surface area is 103 Å². The maximum absolute atomic E-state index is 13.4. The Morgan fingerprint density at radius 3 is 2.88 bits per heavy atom.